The van der Waals surface area contributed by atoms with E-state index in [0.29, 0.717) is 11.8 Å². The molecule has 4 rings (SSSR count). The number of hydrazine groups is 1. The van der Waals surface area contributed by atoms with E-state index in [9.17, 15) is 26.8 Å². The second-order valence-electron chi connectivity index (χ2n) is 7.55. The molecule has 0 aliphatic carbocycles. The largest absolute Gasteiger partial charge is 0.333 e. The number of aliphatic imine (C=N–C) groups is 1. The van der Waals surface area contributed by atoms with Gasteiger partial charge in [0.1, 0.15) is 6.04 Å². The van der Waals surface area contributed by atoms with Crippen molar-refractivity contribution >= 4 is 33.4 Å². The fraction of sp³-hybridized carbons (Fsp3) is 0.286. The van der Waals surface area contributed by atoms with Crippen LogP contribution in [-0.4, -0.2) is 67.5 Å². The number of hydrogen-bond donors (Lipinski definition) is 1. The minimum absolute atomic E-state index is 0.0251. The molecule has 2 aromatic rings. The average Bonchev–Trinajstić information content (AvgIpc) is 2.82. The van der Waals surface area contributed by atoms with Crippen LogP contribution in [-0.2, 0) is 19.6 Å². The van der Waals surface area contributed by atoms with Crippen LogP contribution in [0, 0.1) is 11.6 Å². The van der Waals surface area contributed by atoms with Crippen molar-refractivity contribution in [3.05, 3.63) is 60.2 Å². The Labute approximate surface area is 189 Å². The van der Waals surface area contributed by atoms with E-state index in [0.717, 1.165) is 16.4 Å². The highest BCUT2D eigenvalue weighted by molar-refractivity contribution is 7.89. The van der Waals surface area contributed by atoms with Gasteiger partial charge in [0.2, 0.25) is 15.9 Å². The zero-order valence-corrected chi connectivity index (χ0v) is 18.4. The van der Waals surface area contributed by atoms with Gasteiger partial charge in [-0.05, 0) is 37.3 Å². The summed E-state index contributed by atoms with van der Waals surface area (Å²) in [6.07, 6.45) is 0. The van der Waals surface area contributed by atoms with Crippen molar-refractivity contribution in [3.63, 3.8) is 0 Å². The Kier molecular flexibility index (Phi) is 6.13. The fourth-order valence-electron chi connectivity index (χ4n) is 3.57. The topological polar surface area (TPSA) is 102 Å². The fourth-order valence-corrected chi connectivity index (χ4v) is 5.00. The molecular formula is C21H21F2N5O4S. The zero-order chi connectivity index (χ0) is 23.8. The first kappa shape index (κ1) is 22.8. The van der Waals surface area contributed by atoms with Gasteiger partial charge in [0.15, 0.2) is 11.6 Å². The number of piperazine rings is 1. The van der Waals surface area contributed by atoms with Crippen LogP contribution in [0.2, 0.25) is 0 Å². The van der Waals surface area contributed by atoms with Crippen molar-refractivity contribution in [2.75, 3.05) is 31.2 Å². The number of rotatable bonds is 4. The highest BCUT2D eigenvalue weighted by Crippen LogP contribution is 2.21. The molecule has 0 unspecified atom stereocenters. The Morgan fingerprint density at radius 1 is 1.03 bits per heavy atom. The molecule has 33 heavy (non-hydrogen) atoms. The molecule has 0 aromatic heterocycles. The third-order valence-electron chi connectivity index (χ3n) is 5.39. The van der Waals surface area contributed by atoms with Crippen LogP contribution < -0.4 is 10.4 Å². The van der Waals surface area contributed by atoms with Crippen LogP contribution in [0.5, 0.6) is 0 Å². The van der Waals surface area contributed by atoms with E-state index in [4.69, 9.17) is 0 Å². The first-order valence-corrected chi connectivity index (χ1v) is 11.6. The molecule has 0 bridgehead atoms. The van der Waals surface area contributed by atoms with E-state index >= 15 is 0 Å². The Bertz CT molecular complexity index is 1210. The van der Waals surface area contributed by atoms with Gasteiger partial charge in [-0.15, -0.1) is 0 Å². The number of carbonyl (C=O) groups excluding carboxylic acids is 2. The maximum atomic E-state index is 13.5. The van der Waals surface area contributed by atoms with Crippen LogP contribution >= 0.6 is 0 Å². The van der Waals surface area contributed by atoms with Gasteiger partial charge in [0.25, 0.3) is 11.8 Å². The molecule has 0 saturated carbocycles. The monoisotopic (exact) mass is 477 g/mol. The normalized spacial score (nSPS) is 19.8. The number of halogens is 2. The Balaban J connectivity index is 1.45. The van der Waals surface area contributed by atoms with Gasteiger partial charge in [-0.1, -0.05) is 18.2 Å². The second-order valence-corrected chi connectivity index (χ2v) is 9.48. The molecule has 0 spiro atoms. The summed E-state index contributed by atoms with van der Waals surface area (Å²) in [6.45, 7) is 1.65. The Morgan fingerprint density at radius 2 is 1.70 bits per heavy atom. The number of nitrogens with zero attached hydrogens (tertiary/aromatic N) is 4. The number of nitrogens with one attached hydrogen (secondary N) is 1. The molecule has 2 heterocycles. The average molecular weight is 477 g/mol. The molecule has 174 valence electrons. The highest BCUT2D eigenvalue weighted by Gasteiger charge is 2.35. The molecule has 0 radical (unpaired) electrons. The van der Waals surface area contributed by atoms with Crippen LogP contribution in [0.15, 0.2) is 58.4 Å². The molecule has 1 fully saturated rings. The van der Waals surface area contributed by atoms with Gasteiger partial charge < -0.3 is 4.90 Å². The summed E-state index contributed by atoms with van der Waals surface area (Å²) >= 11 is 0. The summed E-state index contributed by atoms with van der Waals surface area (Å²) in [6, 6.07) is 10.4. The standard InChI is InChI=1S/C21H21F2N5O4S/c1-14-20(29)28(15-5-3-2-4-6-15)25-19(24-14)21(30)26-9-11-27(12-10-26)33(31,32)16-7-8-17(22)18(23)13-16/h2-8,13-14H,9-12H2,1H3,(H,24,25)/t14-/m0/s1. The predicted octanol–water partition coefficient (Wildman–Crippen LogP) is 1.14. The highest BCUT2D eigenvalue weighted by atomic mass is 32.2. The number of anilines is 1. The van der Waals surface area contributed by atoms with Crippen molar-refractivity contribution in [2.45, 2.75) is 17.9 Å². The molecule has 2 amide bonds. The molecule has 1 saturated heterocycles. The molecular weight excluding hydrogens is 456 g/mol. The molecule has 2 aliphatic heterocycles. The third kappa shape index (κ3) is 4.44. The molecule has 1 N–H and O–H groups in total. The van der Waals surface area contributed by atoms with Gasteiger partial charge in [0, 0.05) is 26.2 Å². The number of amides is 2. The van der Waals surface area contributed by atoms with Crippen molar-refractivity contribution in [3.8, 4) is 0 Å². The maximum absolute atomic E-state index is 13.5. The second kappa shape index (κ2) is 8.87. The SMILES string of the molecule is C[C@@H]1N=C(C(=O)N2CCN(S(=O)(=O)c3ccc(F)c(F)c3)CC2)NN(c2ccccc2)C1=O. The lowest BCUT2D eigenvalue weighted by atomic mass is 10.2. The van der Waals surface area contributed by atoms with Gasteiger partial charge in [-0.2, -0.15) is 4.31 Å². The predicted molar refractivity (Wildman–Crippen MR) is 116 cm³/mol. The summed E-state index contributed by atoms with van der Waals surface area (Å²) in [5.41, 5.74) is 3.31. The summed E-state index contributed by atoms with van der Waals surface area (Å²) in [7, 11) is -4.05. The number of para-hydroxylation sites is 1. The smallest absolute Gasteiger partial charge is 0.290 e. The molecule has 9 nitrogen and oxygen atoms in total. The number of sulfonamides is 1. The first-order chi connectivity index (χ1) is 15.7. The van der Waals surface area contributed by atoms with E-state index in [1.807, 2.05) is 0 Å². The molecule has 1 atom stereocenters. The number of carbonyl (C=O) groups is 2. The Morgan fingerprint density at radius 3 is 2.33 bits per heavy atom. The number of hydrogen-bond acceptors (Lipinski definition) is 6. The lowest BCUT2D eigenvalue weighted by molar-refractivity contribution is -0.125. The van der Waals surface area contributed by atoms with Crippen LogP contribution in [0.3, 0.4) is 0 Å². The lowest BCUT2D eigenvalue weighted by Crippen LogP contribution is -2.60. The third-order valence-corrected chi connectivity index (χ3v) is 7.28. The minimum Gasteiger partial charge on any atom is -0.333 e. The van der Waals surface area contributed by atoms with Crippen molar-refractivity contribution < 1.29 is 26.8 Å². The summed E-state index contributed by atoms with van der Waals surface area (Å²) in [4.78, 5) is 30.8. The van der Waals surface area contributed by atoms with E-state index in [1.54, 1.807) is 37.3 Å². The quantitative estimate of drug-likeness (QED) is 0.712. The van der Waals surface area contributed by atoms with E-state index in [1.165, 1.54) is 9.91 Å². The number of benzene rings is 2. The van der Waals surface area contributed by atoms with E-state index < -0.39 is 33.6 Å². The number of amidine groups is 1. The van der Waals surface area contributed by atoms with Gasteiger partial charge >= 0.3 is 0 Å². The van der Waals surface area contributed by atoms with Crippen molar-refractivity contribution in [1.82, 2.24) is 14.6 Å². The van der Waals surface area contributed by atoms with Gasteiger partial charge in [0.05, 0.1) is 10.6 Å². The Hall–Kier alpha value is -3.38. The van der Waals surface area contributed by atoms with E-state index in [2.05, 4.69) is 10.4 Å². The summed E-state index contributed by atoms with van der Waals surface area (Å²) in [5, 5.41) is 1.26. The van der Waals surface area contributed by atoms with Crippen LogP contribution in [0.1, 0.15) is 6.92 Å². The van der Waals surface area contributed by atoms with Crippen LogP contribution in [0.25, 0.3) is 0 Å². The summed E-state index contributed by atoms with van der Waals surface area (Å²) in [5.74, 6) is -3.21. The lowest BCUT2D eigenvalue weighted by Gasteiger charge is -2.36. The first-order valence-electron chi connectivity index (χ1n) is 10.2. The minimum atomic E-state index is -4.05. The molecule has 12 heteroatoms. The van der Waals surface area contributed by atoms with Gasteiger partial charge in [-0.3, -0.25) is 15.0 Å². The molecule has 2 aromatic carbocycles. The van der Waals surface area contributed by atoms with Crippen LogP contribution in [0.4, 0.5) is 14.5 Å². The van der Waals surface area contributed by atoms with E-state index in [-0.39, 0.29) is 42.8 Å². The zero-order valence-electron chi connectivity index (χ0n) is 17.6. The molecule has 2 aliphatic rings. The van der Waals surface area contributed by atoms with Crippen molar-refractivity contribution in [1.29, 1.82) is 0 Å². The summed E-state index contributed by atoms with van der Waals surface area (Å²) < 4.78 is 53.3. The van der Waals surface area contributed by atoms with Crippen molar-refractivity contribution in [2.24, 2.45) is 4.99 Å². The van der Waals surface area contributed by atoms with Gasteiger partial charge in [-0.25, -0.2) is 27.2 Å². The maximum Gasteiger partial charge on any atom is 0.290 e.